The van der Waals surface area contributed by atoms with Crippen molar-refractivity contribution in [1.29, 1.82) is 0 Å². The fourth-order valence-corrected chi connectivity index (χ4v) is 1.82. The van der Waals surface area contributed by atoms with Crippen molar-refractivity contribution in [2.45, 2.75) is 12.5 Å². The molecule has 1 unspecified atom stereocenters. The number of halogens is 1. The molecule has 0 aromatic heterocycles. The Labute approximate surface area is 91.9 Å². The van der Waals surface area contributed by atoms with Gasteiger partial charge in [-0.15, -0.1) is 0 Å². The molecule has 0 saturated heterocycles. The van der Waals surface area contributed by atoms with Gasteiger partial charge in [0.1, 0.15) is 0 Å². The fourth-order valence-electron chi connectivity index (χ4n) is 1.40. The Morgan fingerprint density at radius 1 is 1.29 bits per heavy atom. The second-order valence-corrected chi connectivity index (χ2v) is 4.10. The van der Waals surface area contributed by atoms with Crippen molar-refractivity contribution in [2.24, 2.45) is 4.99 Å². The van der Waals surface area contributed by atoms with Crippen LogP contribution < -0.4 is 5.32 Å². The maximum Gasteiger partial charge on any atom is 0.0885 e. The van der Waals surface area contributed by atoms with Crippen LogP contribution in [0.15, 0.2) is 46.0 Å². The second kappa shape index (κ2) is 4.42. The van der Waals surface area contributed by atoms with E-state index in [1.54, 1.807) is 6.34 Å². The monoisotopic (exact) mass is 250 g/mol. The molecule has 1 N–H and O–H groups in total. The number of rotatable bonds is 2. The van der Waals surface area contributed by atoms with Crippen LogP contribution in [-0.4, -0.2) is 12.4 Å². The largest absolute Gasteiger partial charge is 0.352 e. The van der Waals surface area contributed by atoms with Gasteiger partial charge < -0.3 is 5.32 Å². The molecule has 1 aliphatic rings. The number of hydrogen-bond donors (Lipinski definition) is 1. The van der Waals surface area contributed by atoms with E-state index in [1.165, 1.54) is 5.56 Å². The van der Waals surface area contributed by atoms with Crippen molar-refractivity contribution < 1.29 is 0 Å². The minimum absolute atomic E-state index is 0.221. The molecule has 0 fully saturated rings. The summed E-state index contributed by atoms with van der Waals surface area (Å²) in [6.07, 6.45) is 4.61. The maximum absolute atomic E-state index is 4.35. The number of nitrogens with zero attached hydrogens (tertiary/aromatic N) is 1. The summed E-state index contributed by atoms with van der Waals surface area (Å²) in [5, 5.41) is 2.95. The van der Waals surface area contributed by atoms with Gasteiger partial charge in [0.25, 0.3) is 0 Å². The topological polar surface area (TPSA) is 24.4 Å². The lowest BCUT2D eigenvalue weighted by atomic mass is 10.1. The van der Waals surface area contributed by atoms with Crippen molar-refractivity contribution >= 4 is 22.3 Å². The molecule has 0 saturated carbocycles. The Balaban J connectivity index is 2.08. The Morgan fingerprint density at radius 2 is 2.07 bits per heavy atom. The molecule has 3 heteroatoms. The van der Waals surface area contributed by atoms with Crippen LogP contribution in [0.2, 0.25) is 0 Å². The lowest BCUT2D eigenvalue weighted by Crippen LogP contribution is -2.18. The molecule has 1 heterocycles. The smallest absolute Gasteiger partial charge is 0.0885 e. The molecule has 0 bridgehead atoms. The first-order valence-corrected chi connectivity index (χ1v) is 5.33. The highest BCUT2D eigenvalue weighted by Gasteiger charge is 2.12. The van der Waals surface area contributed by atoms with Gasteiger partial charge in [-0.25, -0.2) is 0 Å². The highest BCUT2D eigenvalue weighted by molar-refractivity contribution is 9.11. The van der Waals surface area contributed by atoms with Gasteiger partial charge >= 0.3 is 0 Å². The third-order valence-corrected chi connectivity index (χ3v) is 2.90. The van der Waals surface area contributed by atoms with Gasteiger partial charge in [-0.1, -0.05) is 46.3 Å². The average molecular weight is 251 g/mol. The van der Waals surface area contributed by atoms with Crippen LogP contribution in [0.25, 0.3) is 0 Å². The van der Waals surface area contributed by atoms with E-state index in [2.05, 4.69) is 50.5 Å². The normalized spacial score (nSPS) is 20.1. The van der Waals surface area contributed by atoms with Crippen LogP contribution in [0.1, 0.15) is 5.56 Å². The zero-order chi connectivity index (χ0) is 9.80. The summed E-state index contributed by atoms with van der Waals surface area (Å²) in [5.41, 5.74) is 1.31. The maximum atomic E-state index is 4.35. The van der Waals surface area contributed by atoms with Gasteiger partial charge in [-0.05, 0) is 12.0 Å². The zero-order valence-corrected chi connectivity index (χ0v) is 9.24. The molecule has 0 spiro atoms. The Kier molecular flexibility index (Phi) is 2.99. The zero-order valence-electron chi connectivity index (χ0n) is 7.65. The molecule has 14 heavy (non-hydrogen) atoms. The van der Waals surface area contributed by atoms with Crippen LogP contribution >= 0.6 is 15.9 Å². The number of nitrogens with one attached hydrogen (secondary N) is 1. The van der Waals surface area contributed by atoms with Crippen LogP contribution in [-0.2, 0) is 6.42 Å². The average Bonchev–Trinajstić information content (AvgIpc) is 2.23. The van der Waals surface area contributed by atoms with Crippen LogP contribution in [0.3, 0.4) is 0 Å². The molecule has 1 aromatic rings. The van der Waals surface area contributed by atoms with Crippen molar-refractivity contribution in [3.8, 4) is 0 Å². The molecule has 2 rings (SSSR count). The Hall–Kier alpha value is -1.09. The van der Waals surface area contributed by atoms with Crippen LogP contribution in [0.4, 0.5) is 0 Å². The summed E-state index contributed by atoms with van der Waals surface area (Å²) in [6, 6.07) is 10.6. The van der Waals surface area contributed by atoms with Crippen molar-refractivity contribution in [2.75, 3.05) is 0 Å². The van der Waals surface area contributed by atoms with E-state index in [0.717, 1.165) is 10.9 Å². The highest BCUT2D eigenvalue weighted by Crippen LogP contribution is 2.19. The van der Waals surface area contributed by atoms with E-state index < -0.39 is 0 Å². The van der Waals surface area contributed by atoms with Crippen LogP contribution in [0.5, 0.6) is 0 Å². The van der Waals surface area contributed by atoms with Gasteiger partial charge in [-0.3, -0.25) is 4.99 Å². The standard InChI is InChI=1S/C11H11BrN2/c12-10-7-13-8-14-11(10)6-9-4-2-1-3-5-9/h1-5,7-8,11H,6H2,(H,13,14). The first-order chi connectivity index (χ1) is 6.86. The predicted molar refractivity (Wildman–Crippen MR) is 62.6 cm³/mol. The van der Waals surface area contributed by atoms with E-state index in [9.17, 15) is 0 Å². The van der Waals surface area contributed by atoms with Crippen molar-refractivity contribution in [3.63, 3.8) is 0 Å². The van der Waals surface area contributed by atoms with Gasteiger partial charge in [0.15, 0.2) is 0 Å². The molecule has 1 aliphatic heterocycles. The molecular weight excluding hydrogens is 240 g/mol. The van der Waals surface area contributed by atoms with E-state index in [0.29, 0.717) is 0 Å². The first kappa shape index (κ1) is 9.46. The molecule has 1 atom stereocenters. The summed E-state index contributed by atoms with van der Waals surface area (Å²) < 4.78 is 1.10. The Morgan fingerprint density at radius 3 is 2.79 bits per heavy atom. The molecule has 2 nitrogen and oxygen atoms in total. The van der Waals surface area contributed by atoms with Gasteiger partial charge in [0.05, 0.1) is 12.4 Å². The Bertz CT molecular complexity index is 357. The molecule has 0 aliphatic carbocycles. The second-order valence-electron chi connectivity index (χ2n) is 3.18. The van der Waals surface area contributed by atoms with E-state index in [-0.39, 0.29) is 6.04 Å². The van der Waals surface area contributed by atoms with Gasteiger partial charge in [-0.2, -0.15) is 0 Å². The predicted octanol–water partition coefficient (Wildman–Crippen LogP) is 2.47. The van der Waals surface area contributed by atoms with E-state index >= 15 is 0 Å². The van der Waals surface area contributed by atoms with Crippen molar-refractivity contribution in [1.82, 2.24) is 5.32 Å². The molecule has 0 radical (unpaired) electrons. The first-order valence-electron chi connectivity index (χ1n) is 4.53. The molecule has 0 amide bonds. The summed E-state index contributed by atoms with van der Waals surface area (Å²) in [5.74, 6) is 0. The number of benzene rings is 1. The summed E-state index contributed by atoms with van der Waals surface area (Å²) in [6.45, 7) is 0. The summed E-state index contributed by atoms with van der Waals surface area (Å²) in [4.78, 5) is 4.35. The lowest BCUT2D eigenvalue weighted by Gasteiger charge is -2.15. The van der Waals surface area contributed by atoms with E-state index in [4.69, 9.17) is 0 Å². The molecule has 1 aromatic carbocycles. The summed E-state index contributed by atoms with van der Waals surface area (Å²) >= 11 is 3.50. The number of aliphatic imine (C=N–C) groups is 1. The molecule has 72 valence electrons. The fraction of sp³-hybridized carbons (Fsp3) is 0.182. The third kappa shape index (κ3) is 2.23. The third-order valence-electron chi connectivity index (χ3n) is 2.14. The van der Waals surface area contributed by atoms with Crippen LogP contribution in [0, 0.1) is 0 Å². The van der Waals surface area contributed by atoms with E-state index in [1.807, 2.05) is 12.3 Å². The minimum atomic E-state index is 0.221. The number of hydrogen-bond acceptors (Lipinski definition) is 2. The minimum Gasteiger partial charge on any atom is -0.352 e. The SMILES string of the molecule is BrC1=CNC=NC1Cc1ccccc1. The summed E-state index contributed by atoms with van der Waals surface area (Å²) in [7, 11) is 0. The molecular formula is C11H11BrN2. The van der Waals surface area contributed by atoms with Gasteiger partial charge in [0.2, 0.25) is 0 Å². The quantitative estimate of drug-likeness (QED) is 0.857. The highest BCUT2D eigenvalue weighted by atomic mass is 79.9. The van der Waals surface area contributed by atoms with Gasteiger partial charge in [0, 0.05) is 10.7 Å². The lowest BCUT2D eigenvalue weighted by molar-refractivity contribution is 0.787. The van der Waals surface area contributed by atoms with Crippen molar-refractivity contribution in [3.05, 3.63) is 46.6 Å².